The maximum Gasteiger partial charge on any atom is 0.321 e. The Morgan fingerprint density at radius 2 is 2.07 bits per heavy atom. The van der Waals surface area contributed by atoms with Gasteiger partial charge in [0.25, 0.3) is 0 Å². The van der Waals surface area contributed by atoms with Gasteiger partial charge < -0.3 is 19.9 Å². The molecule has 0 aliphatic carbocycles. The molecule has 1 atom stereocenters. The second-order valence-electron chi connectivity index (χ2n) is 7.23. The first-order valence-corrected chi connectivity index (χ1v) is 9.78. The summed E-state index contributed by atoms with van der Waals surface area (Å²) in [6.07, 6.45) is 7.12. The van der Waals surface area contributed by atoms with E-state index < -0.39 is 0 Å². The Balaban J connectivity index is 1.38. The van der Waals surface area contributed by atoms with Crippen LogP contribution < -0.4 is 5.32 Å². The fourth-order valence-electron chi connectivity index (χ4n) is 3.79. The largest absolute Gasteiger partial charge is 0.375 e. The summed E-state index contributed by atoms with van der Waals surface area (Å²) in [6.45, 7) is 5.29. The van der Waals surface area contributed by atoms with Crippen LogP contribution in [0.5, 0.6) is 0 Å². The third kappa shape index (κ3) is 4.67. The lowest BCUT2D eigenvalue weighted by atomic mass is 10.2. The van der Waals surface area contributed by atoms with Crippen molar-refractivity contribution in [3.8, 4) is 5.69 Å². The number of nitrogens with zero attached hydrogens (tertiary/aromatic N) is 4. The molecule has 1 unspecified atom stereocenters. The van der Waals surface area contributed by atoms with Crippen molar-refractivity contribution in [3.05, 3.63) is 42.7 Å². The van der Waals surface area contributed by atoms with Crippen LogP contribution in [0.4, 0.5) is 10.5 Å². The molecule has 0 saturated carbocycles. The summed E-state index contributed by atoms with van der Waals surface area (Å²) in [5.41, 5.74) is 1.69. The van der Waals surface area contributed by atoms with Gasteiger partial charge in [0, 0.05) is 44.3 Å². The van der Waals surface area contributed by atoms with Gasteiger partial charge in [-0.3, -0.25) is 0 Å². The number of anilines is 1. The van der Waals surface area contributed by atoms with E-state index in [-0.39, 0.29) is 12.1 Å². The van der Waals surface area contributed by atoms with Gasteiger partial charge in [-0.05, 0) is 56.6 Å². The molecule has 2 saturated heterocycles. The maximum atomic E-state index is 12.8. The lowest BCUT2D eigenvalue weighted by molar-refractivity contribution is 0.0355. The number of urea groups is 1. The second-order valence-corrected chi connectivity index (χ2v) is 7.23. The van der Waals surface area contributed by atoms with Gasteiger partial charge in [-0.1, -0.05) is 6.07 Å². The molecule has 0 spiro atoms. The van der Waals surface area contributed by atoms with Crippen molar-refractivity contribution < 1.29 is 9.53 Å². The Morgan fingerprint density at radius 3 is 2.89 bits per heavy atom. The fourth-order valence-corrected chi connectivity index (χ4v) is 3.79. The molecule has 4 rings (SSSR count). The molecular weight excluding hydrogens is 342 g/mol. The van der Waals surface area contributed by atoms with Crippen LogP contribution in [0.2, 0.25) is 0 Å². The van der Waals surface area contributed by atoms with Gasteiger partial charge in [-0.2, -0.15) is 5.10 Å². The van der Waals surface area contributed by atoms with Crippen molar-refractivity contribution in [2.75, 3.05) is 44.6 Å². The third-order valence-corrected chi connectivity index (χ3v) is 5.16. The number of hydrogen-bond donors (Lipinski definition) is 1. The molecule has 2 aliphatic rings. The van der Waals surface area contributed by atoms with E-state index in [0.717, 1.165) is 50.6 Å². The normalized spacial score (nSPS) is 21.2. The standard InChI is InChI=1S/C20H27N5O2/c26-20(22-17-6-3-7-18(14-17)25-12-4-8-21-25)24-11-5-13-27-19(16-24)15-23-9-1-2-10-23/h3-4,6-8,12,14,19H,1-2,5,9-11,13,15-16H2,(H,22,26). The molecule has 3 heterocycles. The number of nitrogens with one attached hydrogen (secondary N) is 1. The van der Waals surface area contributed by atoms with Crippen molar-refractivity contribution in [1.29, 1.82) is 0 Å². The molecule has 7 nitrogen and oxygen atoms in total. The second kappa shape index (κ2) is 8.54. The zero-order valence-corrected chi connectivity index (χ0v) is 15.6. The summed E-state index contributed by atoms with van der Waals surface area (Å²) in [7, 11) is 0. The van der Waals surface area contributed by atoms with Crippen LogP contribution in [0, 0.1) is 0 Å². The summed E-state index contributed by atoms with van der Waals surface area (Å²) < 4.78 is 7.77. The topological polar surface area (TPSA) is 62.6 Å². The zero-order valence-electron chi connectivity index (χ0n) is 15.6. The highest BCUT2D eigenvalue weighted by Gasteiger charge is 2.25. The van der Waals surface area contributed by atoms with E-state index in [1.54, 1.807) is 10.9 Å². The van der Waals surface area contributed by atoms with Crippen LogP contribution in [0.3, 0.4) is 0 Å². The van der Waals surface area contributed by atoms with Gasteiger partial charge in [0.1, 0.15) is 0 Å². The summed E-state index contributed by atoms with van der Waals surface area (Å²) in [4.78, 5) is 17.2. The molecule has 1 aromatic carbocycles. The predicted octanol–water partition coefficient (Wildman–Crippen LogP) is 2.59. The van der Waals surface area contributed by atoms with Crippen LogP contribution in [0.15, 0.2) is 42.7 Å². The van der Waals surface area contributed by atoms with Crippen LogP contribution in [-0.4, -0.2) is 71.0 Å². The number of likely N-dealkylation sites (tertiary alicyclic amines) is 1. The number of carbonyl (C=O) groups excluding carboxylic acids is 1. The number of rotatable bonds is 4. The number of hydrogen-bond acceptors (Lipinski definition) is 4. The van der Waals surface area contributed by atoms with E-state index in [2.05, 4.69) is 15.3 Å². The van der Waals surface area contributed by atoms with Gasteiger partial charge in [-0.15, -0.1) is 0 Å². The average Bonchev–Trinajstić information content (AvgIpc) is 3.34. The number of amides is 2. The first-order valence-electron chi connectivity index (χ1n) is 9.78. The highest BCUT2D eigenvalue weighted by molar-refractivity contribution is 5.89. The summed E-state index contributed by atoms with van der Waals surface area (Å²) in [5, 5.41) is 7.27. The molecule has 2 amide bonds. The first kappa shape index (κ1) is 18.0. The number of benzene rings is 1. The number of ether oxygens (including phenoxy) is 1. The summed E-state index contributed by atoms with van der Waals surface area (Å²) >= 11 is 0. The lowest BCUT2D eigenvalue weighted by Crippen LogP contribution is -2.43. The monoisotopic (exact) mass is 369 g/mol. The molecule has 1 aromatic heterocycles. The third-order valence-electron chi connectivity index (χ3n) is 5.16. The fraction of sp³-hybridized carbons (Fsp3) is 0.500. The van der Waals surface area contributed by atoms with Gasteiger partial charge >= 0.3 is 6.03 Å². The zero-order chi connectivity index (χ0) is 18.5. The van der Waals surface area contributed by atoms with E-state index >= 15 is 0 Å². The Bertz CT molecular complexity index is 743. The molecule has 0 bridgehead atoms. The Morgan fingerprint density at radius 1 is 1.19 bits per heavy atom. The SMILES string of the molecule is O=C(Nc1cccc(-n2cccn2)c1)N1CCCOC(CN2CCCC2)C1. The minimum atomic E-state index is -0.0652. The van der Waals surface area contributed by atoms with E-state index in [0.29, 0.717) is 6.54 Å². The smallest absolute Gasteiger partial charge is 0.321 e. The first-order chi connectivity index (χ1) is 13.3. The van der Waals surface area contributed by atoms with Gasteiger partial charge in [0.2, 0.25) is 0 Å². The summed E-state index contributed by atoms with van der Waals surface area (Å²) in [6, 6.07) is 9.54. The maximum absolute atomic E-state index is 12.8. The molecule has 7 heteroatoms. The molecule has 27 heavy (non-hydrogen) atoms. The minimum absolute atomic E-state index is 0.0652. The number of aromatic nitrogens is 2. The van der Waals surface area contributed by atoms with Gasteiger partial charge in [-0.25, -0.2) is 9.48 Å². The quantitative estimate of drug-likeness (QED) is 0.900. The molecule has 1 N–H and O–H groups in total. The van der Waals surface area contributed by atoms with E-state index in [9.17, 15) is 4.79 Å². The van der Waals surface area contributed by atoms with Crippen molar-refractivity contribution in [3.63, 3.8) is 0 Å². The molecule has 2 fully saturated rings. The molecule has 2 aromatic rings. The van der Waals surface area contributed by atoms with Crippen molar-refractivity contribution in [2.45, 2.75) is 25.4 Å². The Kier molecular flexibility index (Phi) is 5.69. The van der Waals surface area contributed by atoms with Crippen molar-refractivity contribution >= 4 is 11.7 Å². The predicted molar refractivity (Wildman–Crippen MR) is 104 cm³/mol. The summed E-state index contributed by atoms with van der Waals surface area (Å²) in [5.74, 6) is 0. The number of carbonyl (C=O) groups is 1. The van der Waals surface area contributed by atoms with Crippen molar-refractivity contribution in [2.24, 2.45) is 0 Å². The molecule has 0 radical (unpaired) electrons. The van der Waals surface area contributed by atoms with Gasteiger partial charge in [0.05, 0.1) is 11.8 Å². The average molecular weight is 369 g/mol. The van der Waals surface area contributed by atoms with Crippen LogP contribution >= 0.6 is 0 Å². The van der Waals surface area contributed by atoms with Crippen molar-refractivity contribution in [1.82, 2.24) is 19.6 Å². The van der Waals surface area contributed by atoms with Crippen LogP contribution in [0.1, 0.15) is 19.3 Å². The highest BCUT2D eigenvalue weighted by atomic mass is 16.5. The van der Waals surface area contributed by atoms with E-state index in [1.807, 2.05) is 41.4 Å². The minimum Gasteiger partial charge on any atom is -0.375 e. The Hall–Kier alpha value is -2.38. The van der Waals surface area contributed by atoms with Crippen LogP contribution in [0.25, 0.3) is 5.69 Å². The molecular formula is C20H27N5O2. The molecule has 2 aliphatic heterocycles. The van der Waals surface area contributed by atoms with Gasteiger partial charge in [0.15, 0.2) is 0 Å². The van der Waals surface area contributed by atoms with E-state index in [4.69, 9.17) is 4.74 Å². The lowest BCUT2D eigenvalue weighted by Gasteiger charge is -2.27. The highest BCUT2D eigenvalue weighted by Crippen LogP contribution is 2.16. The molecule has 144 valence electrons. The van der Waals surface area contributed by atoms with E-state index in [1.165, 1.54) is 12.8 Å². The van der Waals surface area contributed by atoms with Crippen LogP contribution in [-0.2, 0) is 4.74 Å². The Labute approximate surface area is 159 Å².